The zero-order valence-electron chi connectivity index (χ0n) is 50.3. The molecular weight excluding hydrogens is 925 g/mol. The topological polar surface area (TPSA) is 78.9 Å². The molecule has 0 N–H and O–H groups in total. The molecule has 0 aromatic carbocycles. The van der Waals surface area contributed by atoms with E-state index >= 15 is 0 Å². The highest BCUT2D eigenvalue weighted by atomic mass is 16.6. The second-order valence-electron chi connectivity index (χ2n) is 22.4. The van der Waals surface area contributed by atoms with Gasteiger partial charge in [-0.1, -0.05) is 281 Å². The first-order valence-corrected chi connectivity index (χ1v) is 33.1. The van der Waals surface area contributed by atoms with E-state index in [0.717, 1.165) is 70.6 Å². The molecule has 0 rings (SSSR count). The minimum atomic E-state index is -0.778. The van der Waals surface area contributed by atoms with Gasteiger partial charge in [0.25, 0.3) is 0 Å². The molecule has 0 saturated heterocycles. The van der Waals surface area contributed by atoms with E-state index in [2.05, 4.69) is 69.4 Å². The van der Waals surface area contributed by atoms with Gasteiger partial charge in [-0.15, -0.1) is 0 Å². The third kappa shape index (κ3) is 62.1. The molecule has 0 spiro atoms. The number of carbonyl (C=O) groups is 3. The van der Waals surface area contributed by atoms with Crippen LogP contribution in [0.1, 0.15) is 355 Å². The lowest BCUT2D eigenvalue weighted by Gasteiger charge is -2.18. The summed E-state index contributed by atoms with van der Waals surface area (Å²) in [4.78, 5) is 38.4. The number of allylic oxidation sites excluding steroid dienone is 8. The maximum Gasteiger partial charge on any atom is 0.306 e. The van der Waals surface area contributed by atoms with Gasteiger partial charge in [-0.25, -0.2) is 0 Å². The van der Waals surface area contributed by atoms with Crippen LogP contribution in [0.25, 0.3) is 0 Å². The first-order valence-electron chi connectivity index (χ1n) is 33.1. The van der Waals surface area contributed by atoms with Crippen LogP contribution in [0.5, 0.6) is 0 Å². The predicted molar refractivity (Wildman–Crippen MR) is 325 cm³/mol. The van der Waals surface area contributed by atoms with Crippen LogP contribution in [0.3, 0.4) is 0 Å². The Hall–Kier alpha value is -2.63. The average molecular weight is 1050 g/mol. The van der Waals surface area contributed by atoms with Gasteiger partial charge in [-0.2, -0.15) is 0 Å². The molecule has 0 aromatic rings. The van der Waals surface area contributed by atoms with Crippen LogP contribution in [-0.4, -0.2) is 37.2 Å². The van der Waals surface area contributed by atoms with Crippen LogP contribution < -0.4 is 0 Å². The third-order valence-corrected chi connectivity index (χ3v) is 14.8. The van der Waals surface area contributed by atoms with Gasteiger partial charge in [0.05, 0.1) is 0 Å². The fourth-order valence-corrected chi connectivity index (χ4v) is 9.76. The highest BCUT2D eigenvalue weighted by Crippen LogP contribution is 2.17. The minimum absolute atomic E-state index is 0.0743. The molecule has 75 heavy (non-hydrogen) atoms. The normalized spacial score (nSPS) is 12.3. The van der Waals surface area contributed by atoms with Crippen molar-refractivity contribution in [1.82, 2.24) is 0 Å². The van der Waals surface area contributed by atoms with E-state index < -0.39 is 6.10 Å². The van der Waals surface area contributed by atoms with Crippen LogP contribution in [0.4, 0.5) is 0 Å². The van der Waals surface area contributed by atoms with E-state index in [1.54, 1.807) is 0 Å². The van der Waals surface area contributed by atoms with Gasteiger partial charge in [0.15, 0.2) is 6.10 Å². The highest BCUT2D eigenvalue weighted by molar-refractivity contribution is 5.71. The maximum atomic E-state index is 12.9. The van der Waals surface area contributed by atoms with E-state index in [0.29, 0.717) is 19.3 Å². The lowest BCUT2D eigenvalue weighted by atomic mass is 10.0. The first-order chi connectivity index (χ1) is 37.0. The fraction of sp³-hybridized carbons (Fsp3) is 0.841. The number of esters is 3. The number of ether oxygens (including phenoxy) is 3. The Bertz CT molecular complexity index is 1300. The SMILES string of the molecule is CCCCC/C=C\C/C=C\CCCCCCCCCC(=O)OC[C@H](COC(=O)CCCCCCCCCCC/C=C\CCCCCCCC)OC(=O)CCCCCCCCCCCCC/C=C\CCCCCCCC. The fourth-order valence-electron chi connectivity index (χ4n) is 9.76. The smallest absolute Gasteiger partial charge is 0.306 e. The molecule has 6 nitrogen and oxygen atoms in total. The van der Waals surface area contributed by atoms with Crippen LogP contribution in [0.2, 0.25) is 0 Å². The Morgan fingerprint density at radius 1 is 0.267 bits per heavy atom. The molecule has 0 aliphatic heterocycles. The van der Waals surface area contributed by atoms with Crippen molar-refractivity contribution in [1.29, 1.82) is 0 Å². The van der Waals surface area contributed by atoms with E-state index in [1.807, 2.05) is 0 Å². The summed E-state index contributed by atoms with van der Waals surface area (Å²) >= 11 is 0. The molecule has 0 unspecified atom stereocenters. The summed E-state index contributed by atoms with van der Waals surface area (Å²) in [5.41, 5.74) is 0. The van der Waals surface area contributed by atoms with Gasteiger partial charge < -0.3 is 14.2 Å². The number of unbranched alkanes of at least 4 members (excludes halogenated alkanes) is 42. The Labute approximate surface area is 467 Å². The van der Waals surface area contributed by atoms with Gasteiger partial charge in [-0.3, -0.25) is 14.4 Å². The van der Waals surface area contributed by atoms with Crippen molar-refractivity contribution < 1.29 is 28.6 Å². The van der Waals surface area contributed by atoms with Gasteiger partial charge in [0.2, 0.25) is 0 Å². The van der Waals surface area contributed by atoms with Crippen LogP contribution in [0.15, 0.2) is 48.6 Å². The standard InChI is InChI=1S/C69H126O6/c1-4-7-10-13-16-19-22-25-28-31-33-34-36-39-42-45-48-51-54-57-60-63-69(72)75-66(64-73-67(70)61-58-55-52-49-46-43-40-37-30-27-24-21-18-15-12-9-6-3)65-74-68(71)62-59-56-53-50-47-44-41-38-35-32-29-26-23-20-17-14-11-8-5-2/h18,21,25-30,66H,4-17,19-20,22-24,31-65H2,1-3H3/b21-18-,28-25-,29-26-,30-27-/t66-/m1/s1. The van der Waals surface area contributed by atoms with Gasteiger partial charge in [0, 0.05) is 19.3 Å². The first kappa shape index (κ1) is 72.4. The Balaban J connectivity index is 4.35. The molecule has 1 atom stereocenters. The number of hydrogen-bond donors (Lipinski definition) is 0. The summed E-state index contributed by atoms with van der Waals surface area (Å²) in [5.74, 6) is -0.863. The van der Waals surface area contributed by atoms with E-state index in [-0.39, 0.29) is 31.1 Å². The molecular formula is C69H126O6. The molecule has 0 aliphatic rings. The molecule has 0 bridgehead atoms. The van der Waals surface area contributed by atoms with Crippen molar-refractivity contribution in [3.8, 4) is 0 Å². The molecule has 0 fully saturated rings. The molecule has 0 heterocycles. The largest absolute Gasteiger partial charge is 0.462 e. The van der Waals surface area contributed by atoms with Gasteiger partial charge >= 0.3 is 17.9 Å². The molecule has 6 heteroatoms. The minimum Gasteiger partial charge on any atom is -0.462 e. The third-order valence-electron chi connectivity index (χ3n) is 14.8. The second-order valence-corrected chi connectivity index (χ2v) is 22.4. The van der Waals surface area contributed by atoms with Crippen molar-refractivity contribution in [2.45, 2.75) is 361 Å². The Morgan fingerprint density at radius 2 is 0.480 bits per heavy atom. The molecule has 0 amide bonds. The van der Waals surface area contributed by atoms with Crippen molar-refractivity contribution in [2.75, 3.05) is 13.2 Å². The lowest BCUT2D eigenvalue weighted by molar-refractivity contribution is -0.167. The monoisotopic (exact) mass is 1050 g/mol. The zero-order valence-corrected chi connectivity index (χ0v) is 50.3. The van der Waals surface area contributed by atoms with Crippen molar-refractivity contribution in [3.05, 3.63) is 48.6 Å². The predicted octanol–water partition coefficient (Wildman–Crippen LogP) is 22.6. The maximum absolute atomic E-state index is 12.9. The summed E-state index contributed by atoms with van der Waals surface area (Å²) in [6.07, 6.45) is 79.7. The van der Waals surface area contributed by atoms with Crippen LogP contribution in [-0.2, 0) is 28.6 Å². The van der Waals surface area contributed by atoms with Crippen LogP contribution in [0, 0.1) is 0 Å². The second kappa shape index (κ2) is 63.9. The van der Waals surface area contributed by atoms with E-state index in [4.69, 9.17) is 14.2 Å². The Morgan fingerprint density at radius 3 is 0.773 bits per heavy atom. The van der Waals surface area contributed by atoms with Crippen LogP contribution >= 0.6 is 0 Å². The summed E-state index contributed by atoms with van der Waals surface area (Å²) in [6, 6.07) is 0. The number of carbonyl (C=O) groups excluding carboxylic acids is 3. The van der Waals surface area contributed by atoms with Crippen molar-refractivity contribution in [3.63, 3.8) is 0 Å². The van der Waals surface area contributed by atoms with E-state index in [9.17, 15) is 14.4 Å². The van der Waals surface area contributed by atoms with Gasteiger partial charge in [0.1, 0.15) is 13.2 Å². The Kier molecular flexibility index (Phi) is 61.7. The zero-order chi connectivity index (χ0) is 54.3. The summed E-state index contributed by atoms with van der Waals surface area (Å²) < 4.78 is 17.0. The quantitative estimate of drug-likeness (QED) is 0.0261. The molecule has 0 saturated carbocycles. The summed E-state index contributed by atoms with van der Waals surface area (Å²) in [7, 11) is 0. The highest BCUT2D eigenvalue weighted by Gasteiger charge is 2.19. The van der Waals surface area contributed by atoms with Gasteiger partial charge in [-0.05, 0) is 103 Å². The molecule has 438 valence electrons. The van der Waals surface area contributed by atoms with Crippen molar-refractivity contribution >= 4 is 17.9 Å². The lowest BCUT2D eigenvalue weighted by Crippen LogP contribution is -2.30. The molecule has 0 aromatic heterocycles. The molecule has 0 radical (unpaired) electrons. The van der Waals surface area contributed by atoms with Crippen molar-refractivity contribution in [2.24, 2.45) is 0 Å². The molecule has 0 aliphatic carbocycles. The number of hydrogen-bond acceptors (Lipinski definition) is 6. The van der Waals surface area contributed by atoms with E-state index in [1.165, 1.54) is 244 Å². The summed E-state index contributed by atoms with van der Waals surface area (Å²) in [5, 5.41) is 0. The number of rotatable bonds is 61. The average Bonchev–Trinajstić information content (AvgIpc) is 3.41. The summed E-state index contributed by atoms with van der Waals surface area (Å²) in [6.45, 7) is 6.65.